The minimum absolute atomic E-state index is 0.0640. The van der Waals surface area contributed by atoms with Crippen LogP contribution in [-0.4, -0.2) is 34.6 Å². The summed E-state index contributed by atoms with van der Waals surface area (Å²) < 4.78 is 13.2. The van der Waals surface area contributed by atoms with Crippen LogP contribution in [0.25, 0.3) is 0 Å². The number of carbonyl (C=O) groups is 2. The Morgan fingerprint density at radius 2 is 1.60 bits per heavy atom. The molecule has 3 aromatic carbocycles. The van der Waals surface area contributed by atoms with Crippen molar-refractivity contribution in [1.29, 1.82) is 0 Å². The molecule has 1 atom stereocenters. The summed E-state index contributed by atoms with van der Waals surface area (Å²) >= 11 is 7.86. The van der Waals surface area contributed by atoms with Crippen LogP contribution in [0.1, 0.15) is 30.5 Å². The van der Waals surface area contributed by atoms with Crippen LogP contribution in [-0.2, 0) is 28.3 Å². The molecule has 3 rings (SSSR count). The standard InChI is InChI=1S/C28H30ClFN2O2S/c1-20(2)31-28(34)26(16-21-8-4-3-5-9-21)32(17-23-10-6-7-11-25(23)29)27(33)19-35-18-22-12-14-24(30)15-13-22/h3-15,20,26H,16-19H2,1-2H3,(H,31,34). The molecule has 1 N–H and O–H groups in total. The molecule has 0 saturated carbocycles. The number of carbonyl (C=O) groups excluding carboxylic acids is 2. The minimum Gasteiger partial charge on any atom is -0.352 e. The van der Waals surface area contributed by atoms with Gasteiger partial charge >= 0.3 is 0 Å². The molecule has 1 unspecified atom stereocenters. The summed E-state index contributed by atoms with van der Waals surface area (Å²) in [5.74, 6) is 0.0978. The molecule has 0 aliphatic rings. The van der Waals surface area contributed by atoms with Crippen molar-refractivity contribution < 1.29 is 14.0 Å². The summed E-state index contributed by atoms with van der Waals surface area (Å²) in [6.07, 6.45) is 0.387. The number of hydrogen-bond donors (Lipinski definition) is 1. The molecular formula is C28H30ClFN2O2S. The predicted molar refractivity (Wildman–Crippen MR) is 142 cm³/mol. The molecule has 2 amide bonds. The van der Waals surface area contributed by atoms with Gasteiger partial charge in [0, 0.05) is 29.8 Å². The molecule has 0 aliphatic heterocycles. The Kier molecular flexibility index (Phi) is 10.2. The number of thioether (sulfide) groups is 1. The highest BCUT2D eigenvalue weighted by Crippen LogP contribution is 2.22. The maximum Gasteiger partial charge on any atom is 0.243 e. The van der Waals surface area contributed by atoms with E-state index >= 15 is 0 Å². The van der Waals surface area contributed by atoms with Gasteiger partial charge in [-0.15, -0.1) is 11.8 Å². The van der Waals surface area contributed by atoms with Crippen LogP contribution in [0.15, 0.2) is 78.9 Å². The number of rotatable bonds is 11. The van der Waals surface area contributed by atoms with Crippen molar-refractivity contribution in [2.45, 2.75) is 44.6 Å². The van der Waals surface area contributed by atoms with E-state index in [1.165, 1.54) is 23.9 Å². The second-order valence-electron chi connectivity index (χ2n) is 8.60. The minimum atomic E-state index is -0.699. The molecule has 0 saturated heterocycles. The van der Waals surface area contributed by atoms with E-state index in [9.17, 15) is 14.0 Å². The third-order valence-corrected chi connectivity index (χ3v) is 6.77. The normalized spacial score (nSPS) is 11.8. The van der Waals surface area contributed by atoms with Crippen LogP contribution < -0.4 is 5.32 Å². The third-order valence-electron chi connectivity index (χ3n) is 5.41. The number of benzene rings is 3. The lowest BCUT2D eigenvalue weighted by atomic mass is 10.0. The zero-order valence-corrected chi connectivity index (χ0v) is 21.5. The van der Waals surface area contributed by atoms with Crippen LogP contribution in [0, 0.1) is 5.82 Å². The van der Waals surface area contributed by atoms with Gasteiger partial charge in [0.25, 0.3) is 0 Å². The van der Waals surface area contributed by atoms with Crippen molar-refractivity contribution in [1.82, 2.24) is 10.2 Å². The number of halogens is 2. The van der Waals surface area contributed by atoms with Gasteiger partial charge in [-0.25, -0.2) is 4.39 Å². The summed E-state index contributed by atoms with van der Waals surface area (Å²) in [5, 5.41) is 3.53. The van der Waals surface area contributed by atoms with Gasteiger partial charge in [0.2, 0.25) is 11.8 Å². The molecular weight excluding hydrogens is 483 g/mol. The lowest BCUT2D eigenvalue weighted by Gasteiger charge is -2.32. The molecule has 3 aromatic rings. The van der Waals surface area contributed by atoms with Gasteiger partial charge in [-0.1, -0.05) is 72.3 Å². The molecule has 0 radical (unpaired) electrons. The van der Waals surface area contributed by atoms with E-state index in [-0.39, 0.29) is 36.0 Å². The maximum absolute atomic E-state index is 13.5. The predicted octanol–water partition coefficient (Wildman–Crippen LogP) is 5.88. The molecule has 35 heavy (non-hydrogen) atoms. The number of hydrogen-bond acceptors (Lipinski definition) is 3. The van der Waals surface area contributed by atoms with E-state index in [0.29, 0.717) is 17.2 Å². The first-order valence-electron chi connectivity index (χ1n) is 11.5. The number of nitrogens with one attached hydrogen (secondary N) is 1. The molecule has 0 heterocycles. The van der Waals surface area contributed by atoms with Crippen molar-refractivity contribution in [2.75, 3.05) is 5.75 Å². The molecule has 184 valence electrons. The Labute approximate surface area is 215 Å². The Bertz CT molecular complexity index is 1110. The SMILES string of the molecule is CC(C)NC(=O)C(Cc1ccccc1)N(Cc1ccccc1Cl)C(=O)CSCc1ccc(F)cc1. The van der Waals surface area contributed by atoms with E-state index < -0.39 is 6.04 Å². The Balaban J connectivity index is 1.85. The van der Waals surface area contributed by atoms with Gasteiger partial charge in [0.15, 0.2) is 0 Å². The Morgan fingerprint density at radius 1 is 0.943 bits per heavy atom. The highest BCUT2D eigenvalue weighted by molar-refractivity contribution is 7.99. The fourth-order valence-corrected chi connectivity index (χ4v) is 4.73. The van der Waals surface area contributed by atoms with E-state index in [2.05, 4.69) is 5.32 Å². The lowest BCUT2D eigenvalue weighted by Crippen LogP contribution is -2.52. The van der Waals surface area contributed by atoms with Crippen LogP contribution in [0.4, 0.5) is 4.39 Å². The Hall–Kier alpha value is -2.83. The molecule has 7 heteroatoms. The van der Waals surface area contributed by atoms with E-state index in [1.807, 2.05) is 62.4 Å². The molecule has 4 nitrogen and oxygen atoms in total. The topological polar surface area (TPSA) is 49.4 Å². The van der Waals surface area contributed by atoms with Gasteiger partial charge in [0.05, 0.1) is 5.75 Å². The van der Waals surface area contributed by atoms with Crippen molar-refractivity contribution in [3.63, 3.8) is 0 Å². The monoisotopic (exact) mass is 512 g/mol. The maximum atomic E-state index is 13.5. The summed E-state index contributed by atoms with van der Waals surface area (Å²) in [7, 11) is 0. The summed E-state index contributed by atoms with van der Waals surface area (Å²) in [6.45, 7) is 4.02. The van der Waals surface area contributed by atoms with Crippen LogP contribution in [0.5, 0.6) is 0 Å². The van der Waals surface area contributed by atoms with Crippen molar-refractivity contribution in [3.8, 4) is 0 Å². The Morgan fingerprint density at radius 3 is 2.26 bits per heavy atom. The van der Waals surface area contributed by atoms with E-state index in [1.54, 1.807) is 23.1 Å². The van der Waals surface area contributed by atoms with Crippen molar-refractivity contribution in [2.24, 2.45) is 0 Å². The second kappa shape index (κ2) is 13.3. The van der Waals surface area contributed by atoms with E-state index in [4.69, 9.17) is 11.6 Å². The highest BCUT2D eigenvalue weighted by atomic mass is 35.5. The van der Waals surface area contributed by atoms with Crippen molar-refractivity contribution in [3.05, 3.63) is 106 Å². The van der Waals surface area contributed by atoms with Crippen LogP contribution >= 0.6 is 23.4 Å². The summed E-state index contributed by atoms with van der Waals surface area (Å²) in [5.41, 5.74) is 2.68. The highest BCUT2D eigenvalue weighted by Gasteiger charge is 2.31. The lowest BCUT2D eigenvalue weighted by molar-refractivity contribution is -0.139. The molecule has 0 spiro atoms. The van der Waals surface area contributed by atoms with Crippen LogP contribution in [0.3, 0.4) is 0 Å². The first kappa shape index (κ1) is 26.8. The fraction of sp³-hybridized carbons (Fsp3) is 0.286. The summed E-state index contributed by atoms with van der Waals surface area (Å²) in [4.78, 5) is 28.5. The van der Waals surface area contributed by atoms with Crippen molar-refractivity contribution >= 4 is 35.2 Å². The number of nitrogens with zero attached hydrogens (tertiary/aromatic N) is 1. The average molecular weight is 513 g/mol. The van der Waals surface area contributed by atoms with Gasteiger partial charge in [-0.05, 0) is 48.7 Å². The fourth-order valence-electron chi connectivity index (χ4n) is 3.66. The molecule has 0 fully saturated rings. The molecule has 0 aliphatic carbocycles. The van der Waals surface area contributed by atoms with Gasteiger partial charge in [-0.2, -0.15) is 0 Å². The first-order valence-corrected chi connectivity index (χ1v) is 13.1. The van der Waals surface area contributed by atoms with Gasteiger partial charge < -0.3 is 10.2 Å². The molecule has 0 bridgehead atoms. The third kappa shape index (κ3) is 8.41. The number of amides is 2. The molecule has 0 aromatic heterocycles. The van der Waals surface area contributed by atoms with Crippen LogP contribution in [0.2, 0.25) is 5.02 Å². The zero-order valence-electron chi connectivity index (χ0n) is 19.9. The smallest absolute Gasteiger partial charge is 0.243 e. The summed E-state index contributed by atoms with van der Waals surface area (Å²) in [6, 6.07) is 22.5. The van der Waals surface area contributed by atoms with Gasteiger partial charge in [0.1, 0.15) is 11.9 Å². The second-order valence-corrected chi connectivity index (χ2v) is 9.99. The quantitative estimate of drug-likeness (QED) is 0.349. The van der Waals surface area contributed by atoms with E-state index in [0.717, 1.165) is 16.7 Å². The first-order chi connectivity index (χ1) is 16.8. The average Bonchev–Trinajstić information content (AvgIpc) is 2.83. The van der Waals surface area contributed by atoms with Gasteiger partial charge in [-0.3, -0.25) is 9.59 Å². The zero-order chi connectivity index (χ0) is 25.2. The largest absolute Gasteiger partial charge is 0.352 e.